The Balaban J connectivity index is 0.000000168. The van der Waals surface area contributed by atoms with E-state index in [9.17, 15) is 10.4 Å². The van der Waals surface area contributed by atoms with Gasteiger partial charge in [-0.3, -0.25) is 0 Å². The molecule has 0 saturated carbocycles. The van der Waals surface area contributed by atoms with Gasteiger partial charge in [0, 0.05) is 12.8 Å². The molecule has 4 aromatic carbocycles. The van der Waals surface area contributed by atoms with Gasteiger partial charge in [-0.05, 0) is 34.4 Å². The van der Waals surface area contributed by atoms with Crippen molar-refractivity contribution in [2.24, 2.45) is 0 Å². The summed E-state index contributed by atoms with van der Waals surface area (Å²) in [7, 11) is 0. The van der Waals surface area contributed by atoms with Crippen molar-refractivity contribution in [1.82, 2.24) is 34.2 Å². The van der Waals surface area contributed by atoms with Gasteiger partial charge in [0.15, 0.2) is 17.3 Å². The first-order chi connectivity index (χ1) is 32.8. The minimum atomic E-state index is -1.78. The number of anilines is 2. The Hall–Kier alpha value is -7.14. The number of nitrogens with two attached hydrogens (primary N) is 2. The zero-order chi connectivity index (χ0) is 46.1. The van der Waals surface area contributed by atoms with E-state index in [2.05, 4.69) is 31.2 Å². The van der Waals surface area contributed by atoms with Crippen LogP contribution in [0.25, 0.3) is 11.2 Å². The Kier molecular flexibility index (Phi) is 13.8. The van der Waals surface area contributed by atoms with E-state index in [0.717, 1.165) is 22.3 Å². The third-order valence-corrected chi connectivity index (χ3v) is 11.7. The molecule has 0 radical (unpaired) electrons. The fourth-order valence-electron chi connectivity index (χ4n) is 8.36. The average molecular weight is 903 g/mol. The van der Waals surface area contributed by atoms with Gasteiger partial charge < -0.3 is 45.0 Å². The van der Waals surface area contributed by atoms with Crippen LogP contribution in [0.1, 0.15) is 46.5 Å². The van der Waals surface area contributed by atoms with Crippen LogP contribution in [0.2, 0.25) is 0 Å². The minimum absolute atomic E-state index is 0.211. The standard InChI is InChI=1S/C26H25N5O3.C24H25N5O4/c27-17-26(23-12-11-22-25(28)29-18-30-31(22)23)24(33-15-20-9-5-2-6-10-20)13-21(34-26)16-32-14-19-7-3-1-4-8-19;25-22-23-26-12-20(29(23)28-16-27-22)24(30)21(32-14-18-9-5-2-6-10-18)11-19(33-24)15-31-13-17-7-3-1-4-8-17/h1-12,18,21,24H,13-16H2,(H2,28,29,30);1-10,12,16,19,21,30H,11,13-15H2,(H2,25,27,28)/t21-,24+,26?;19-,21+,24?/m00/s1. The number of fused-ring (bicyclic) bond motifs is 2. The predicted molar refractivity (Wildman–Crippen MR) is 245 cm³/mol. The van der Waals surface area contributed by atoms with Crippen molar-refractivity contribution in [1.29, 1.82) is 5.26 Å². The molecule has 342 valence electrons. The van der Waals surface area contributed by atoms with Gasteiger partial charge in [0.05, 0.1) is 63.7 Å². The fraction of sp³-hybridized carbons (Fsp3) is 0.280. The third-order valence-electron chi connectivity index (χ3n) is 11.7. The van der Waals surface area contributed by atoms with Gasteiger partial charge in [-0.1, -0.05) is 121 Å². The molecule has 0 amide bonds. The monoisotopic (exact) mass is 902 g/mol. The van der Waals surface area contributed by atoms with E-state index < -0.39 is 23.6 Å². The van der Waals surface area contributed by atoms with E-state index in [4.69, 9.17) is 39.9 Å². The summed E-state index contributed by atoms with van der Waals surface area (Å²) in [5.41, 5.74) is 16.6. The summed E-state index contributed by atoms with van der Waals surface area (Å²) in [4.78, 5) is 12.3. The highest BCUT2D eigenvalue weighted by Gasteiger charge is 2.54. The zero-order valence-electron chi connectivity index (χ0n) is 36.5. The Morgan fingerprint density at radius 3 is 1.66 bits per heavy atom. The van der Waals surface area contributed by atoms with Crippen molar-refractivity contribution in [2.45, 2.75) is 75.1 Å². The van der Waals surface area contributed by atoms with Gasteiger partial charge in [0.1, 0.15) is 42.1 Å². The molecule has 10 rings (SSSR count). The molecular weight excluding hydrogens is 853 g/mol. The molecule has 8 aromatic rings. The molecule has 2 aliphatic rings. The van der Waals surface area contributed by atoms with E-state index in [0.29, 0.717) is 80.9 Å². The van der Waals surface area contributed by atoms with Crippen molar-refractivity contribution < 1.29 is 33.5 Å². The Labute approximate surface area is 386 Å². The van der Waals surface area contributed by atoms with Crippen molar-refractivity contribution in [3.63, 3.8) is 0 Å². The van der Waals surface area contributed by atoms with Crippen LogP contribution in [0.15, 0.2) is 152 Å². The Bertz CT molecular complexity index is 2890. The van der Waals surface area contributed by atoms with Crippen LogP contribution in [0.3, 0.4) is 0 Å². The highest BCUT2D eigenvalue weighted by atomic mass is 16.7. The van der Waals surface area contributed by atoms with Crippen LogP contribution < -0.4 is 11.5 Å². The summed E-state index contributed by atoms with van der Waals surface area (Å²) in [6.07, 6.45) is 3.20. The minimum Gasteiger partial charge on any atom is -0.382 e. The molecule has 4 aromatic heterocycles. The second-order valence-corrected chi connectivity index (χ2v) is 16.3. The van der Waals surface area contributed by atoms with Crippen LogP contribution in [-0.2, 0) is 66.2 Å². The quantitative estimate of drug-likeness (QED) is 0.100. The van der Waals surface area contributed by atoms with Gasteiger partial charge in [-0.25, -0.2) is 24.0 Å². The number of benzene rings is 4. The van der Waals surface area contributed by atoms with Gasteiger partial charge in [-0.2, -0.15) is 15.5 Å². The molecule has 6 heterocycles. The predicted octanol–water partition coefficient (Wildman–Crippen LogP) is 6.06. The SMILES string of the molecule is N#CC1(c2ccc3c(N)ncnn23)O[C@H](COCc2ccccc2)C[C@H]1OCc1ccccc1.Nc1ncnn2c(C3(O)O[C@H](COCc4ccccc4)C[C@H]3OCc3ccccc3)cnc12. The number of hydrogen-bond acceptors (Lipinski definition) is 15. The summed E-state index contributed by atoms with van der Waals surface area (Å²) >= 11 is 0. The lowest BCUT2D eigenvalue weighted by atomic mass is 9.94. The molecule has 0 bridgehead atoms. The molecule has 17 nitrogen and oxygen atoms in total. The summed E-state index contributed by atoms with van der Waals surface area (Å²) in [6.45, 7) is 2.24. The summed E-state index contributed by atoms with van der Waals surface area (Å²) in [6, 6.07) is 45.5. The molecule has 67 heavy (non-hydrogen) atoms. The summed E-state index contributed by atoms with van der Waals surface area (Å²) < 4.78 is 39.8. The number of aliphatic hydroxyl groups is 1. The number of aromatic nitrogens is 7. The second-order valence-electron chi connectivity index (χ2n) is 16.3. The van der Waals surface area contributed by atoms with E-state index in [1.54, 1.807) is 16.6 Å². The van der Waals surface area contributed by atoms with Crippen LogP contribution in [0.5, 0.6) is 0 Å². The molecule has 0 aliphatic carbocycles. The maximum Gasteiger partial charge on any atom is 0.239 e. The first kappa shape index (κ1) is 45.0. The first-order valence-electron chi connectivity index (χ1n) is 21.9. The van der Waals surface area contributed by atoms with E-state index in [1.807, 2.05) is 121 Å². The van der Waals surface area contributed by atoms with Gasteiger partial charge >= 0.3 is 0 Å². The molecule has 2 unspecified atom stereocenters. The smallest absolute Gasteiger partial charge is 0.239 e. The van der Waals surface area contributed by atoms with E-state index in [1.165, 1.54) is 23.4 Å². The molecule has 6 atom stereocenters. The van der Waals surface area contributed by atoms with E-state index >= 15 is 0 Å². The van der Waals surface area contributed by atoms with Crippen LogP contribution in [-0.4, -0.2) is 76.9 Å². The highest BCUT2D eigenvalue weighted by Crippen LogP contribution is 2.43. The van der Waals surface area contributed by atoms with E-state index in [-0.39, 0.29) is 18.0 Å². The molecule has 17 heteroatoms. The Morgan fingerprint density at radius 2 is 1.09 bits per heavy atom. The number of nitrogen functional groups attached to an aromatic ring is 2. The first-order valence-corrected chi connectivity index (χ1v) is 21.9. The number of nitriles is 1. The lowest BCUT2D eigenvalue weighted by Gasteiger charge is -2.28. The molecule has 2 aliphatic heterocycles. The number of rotatable bonds is 16. The maximum absolute atomic E-state index is 11.7. The number of hydrogen-bond donors (Lipinski definition) is 3. The third kappa shape index (κ3) is 10.0. The topological polar surface area (TPSA) is 225 Å². The maximum atomic E-state index is 11.7. The fourth-order valence-corrected chi connectivity index (χ4v) is 8.36. The summed E-state index contributed by atoms with van der Waals surface area (Å²) in [5, 5.41) is 30.7. The van der Waals surface area contributed by atoms with Crippen LogP contribution >= 0.6 is 0 Å². The van der Waals surface area contributed by atoms with Gasteiger partial charge in [0.25, 0.3) is 0 Å². The van der Waals surface area contributed by atoms with Gasteiger partial charge in [-0.15, -0.1) is 0 Å². The zero-order valence-corrected chi connectivity index (χ0v) is 36.5. The van der Waals surface area contributed by atoms with Gasteiger partial charge in [0.2, 0.25) is 11.4 Å². The number of nitrogens with zero attached hydrogens (tertiary/aromatic N) is 8. The second kappa shape index (κ2) is 20.6. The molecule has 2 fully saturated rings. The molecular formula is C50H50N10O7. The number of ether oxygens (including phenoxy) is 6. The lowest BCUT2D eigenvalue weighted by molar-refractivity contribution is -0.254. The highest BCUT2D eigenvalue weighted by molar-refractivity contribution is 5.66. The summed E-state index contributed by atoms with van der Waals surface area (Å²) in [5.74, 6) is -1.24. The van der Waals surface area contributed by atoms with Crippen LogP contribution in [0.4, 0.5) is 11.6 Å². The molecule has 5 N–H and O–H groups in total. The molecule has 0 spiro atoms. The van der Waals surface area contributed by atoms with Crippen molar-refractivity contribution in [3.05, 3.63) is 186 Å². The Morgan fingerprint density at radius 1 is 0.597 bits per heavy atom. The lowest BCUT2D eigenvalue weighted by Crippen LogP contribution is -2.39. The normalized spacial score (nSPS) is 22.4. The molecule has 2 saturated heterocycles. The number of imidazole rings is 1. The van der Waals surface area contributed by atoms with Crippen molar-refractivity contribution in [3.8, 4) is 6.07 Å². The van der Waals surface area contributed by atoms with Crippen molar-refractivity contribution in [2.75, 3.05) is 24.7 Å². The average Bonchev–Trinajstić information content (AvgIpc) is 4.16. The largest absolute Gasteiger partial charge is 0.382 e. The van der Waals surface area contributed by atoms with Crippen LogP contribution in [0, 0.1) is 11.3 Å². The van der Waals surface area contributed by atoms with Crippen molar-refractivity contribution >= 4 is 22.8 Å².